The van der Waals surface area contributed by atoms with Crippen LogP contribution in [-0.4, -0.2) is 10.9 Å². The molecule has 0 saturated heterocycles. The molecular weight excluding hydrogens is 308 g/mol. The van der Waals surface area contributed by atoms with Crippen LogP contribution in [0.4, 0.5) is 0 Å². The Morgan fingerprint density at radius 2 is 1.60 bits per heavy atom. The molecule has 0 bridgehead atoms. The second kappa shape index (κ2) is 6.44. The Bertz CT molecular complexity index is 1050. The standard InChI is InChI=1S/C22H20N2O/c1-15-7-9-18-19-10-8-17(12-21(19)24-20(18)11-15)13-22(25)23-14-16-5-3-2-4-6-16/h2-12,24H,13-14H2,1H3,(H,23,25). The fraction of sp³-hybridized carbons (Fsp3) is 0.136. The third-order valence-corrected chi connectivity index (χ3v) is 4.52. The van der Waals surface area contributed by atoms with Crippen molar-refractivity contribution in [3.63, 3.8) is 0 Å². The minimum Gasteiger partial charge on any atom is -0.354 e. The van der Waals surface area contributed by atoms with Gasteiger partial charge in [-0.3, -0.25) is 4.79 Å². The molecule has 0 aliphatic rings. The van der Waals surface area contributed by atoms with Gasteiger partial charge in [-0.15, -0.1) is 0 Å². The molecule has 3 heteroatoms. The zero-order valence-electron chi connectivity index (χ0n) is 14.2. The minimum absolute atomic E-state index is 0.0372. The lowest BCUT2D eigenvalue weighted by molar-refractivity contribution is -0.120. The summed E-state index contributed by atoms with van der Waals surface area (Å²) >= 11 is 0. The number of H-pyrrole nitrogens is 1. The lowest BCUT2D eigenvalue weighted by Crippen LogP contribution is -2.24. The van der Waals surface area contributed by atoms with Gasteiger partial charge in [0.05, 0.1) is 6.42 Å². The molecule has 0 radical (unpaired) electrons. The number of nitrogens with one attached hydrogen (secondary N) is 2. The van der Waals surface area contributed by atoms with Crippen molar-refractivity contribution in [2.45, 2.75) is 19.9 Å². The number of hydrogen-bond donors (Lipinski definition) is 2. The van der Waals surface area contributed by atoms with E-state index in [0.717, 1.165) is 22.2 Å². The number of benzene rings is 3. The van der Waals surface area contributed by atoms with Crippen molar-refractivity contribution in [3.05, 3.63) is 83.4 Å². The Morgan fingerprint density at radius 3 is 2.40 bits per heavy atom. The van der Waals surface area contributed by atoms with Crippen LogP contribution in [0.3, 0.4) is 0 Å². The van der Waals surface area contributed by atoms with Crippen LogP contribution in [0.1, 0.15) is 16.7 Å². The van der Waals surface area contributed by atoms with Crippen LogP contribution in [0.25, 0.3) is 21.8 Å². The normalized spacial score (nSPS) is 11.1. The van der Waals surface area contributed by atoms with E-state index in [4.69, 9.17) is 0 Å². The number of carbonyl (C=O) groups excluding carboxylic acids is 1. The summed E-state index contributed by atoms with van der Waals surface area (Å²) in [5, 5.41) is 5.40. The summed E-state index contributed by atoms with van der Waals surface area (Å²) in [6.45, 7) is 2.65. The quantitative estimate of drug-likeness (QED) is 0.570. The van der Waals surface area contributed by atoms with Crippen LogP contribution in [0.2, 0.25) is 0 Å². The molecule has 2 N–H and O–H groups in total. The van der Waals surface area contributed by atoms with Crippen molar-refractivity contribution in [2.75, 3.05) is 0 Å². The molecule has 0 atom stereocenters. The van der Waals surface area contributed by atoms with E-state index in [1.807, 2.05) is 36.4 Å². The Kier molecular flexibility index (Phi) is 3.98. The van der Waals surface area contributed by atoms with Gasteiger partial charge in [0.1, 0.15) is 0 Å². The molecule has 3 nitrogen and oxygen atoms in total. The van der Waals surface area contributed by atoms with E-state index in [1.54, 1.807) is 0 Å². The van der Waals surface area contributed by atoms with Crippen LogP contribution < -0.4 is 5.32 Å². The molecule has 4 rings (SSSR count). The SMILES string of the molecule is Cc1ccc2c(c1)[nH]c1cc(CC(=O)NCc3ccccc3)ccc12. The molecule has 1 aromatic heterocycles. The van der Waals surface area contributed by atoms with Gasteiger partial charge < -0.3 is 10.3 Å². The van der Waals surface area contributed by atoms with Crippen LogP contribution >= 0.6 is 0 Å². The number of rotatable bonds is 4. The number of aromatic nitrogens is 1. The van der Waals surface area contributed by atoms with E-state index in [-0.39, 0.29) is 5.91 Å². The Hall–Kier alpha value is -3.07. The second-order valence-corrected chi connectivity index (χ2v) is 6.49. The van der Waals surface area contributed by atoms with Crippen molar-refractivity contribution in [1.82, 2.24) is 10.3 Å². The summed E-state index contributed by atoms with van der Waals surface area (Å²) in [7, 11) is 0. The van der Waals surface area contributed by atoms with Gasteiger partial charge in [0.2, 0.25) is 5.91 Å². The van der Waals surface area contributed by atoms with Gasteiger partial charge in [-0.1, -0.05) is 54.6 Å². The highest BCUT2D eigenvalue weighted by atomic mass is 16.1. The van der Waals surface area contributed by atoms with Gasteiger partial charge in [0.15, 0.2) is 0 Å². The summed E-state index contributed by atoms with van der Waals surface area (Å²) < 4.78 is 0. The summed E-state index contributed by atoms with van der Waals surface area (Å²) in [6, 6.07) is 22.6. The molecule has 1 amide bonds. The van der Waals surface area contributed by atoms with Crippen LogP contribution in [0.5, 0.6) is 0 Å². The highest BCUT2D eigenvalue weighted by molar-refractivity contribution is 6.07. The van der Waals surface area contributed by atoms with Crippen molar-refractivity contribution >= 4 is 27.7 Å². The minimum atomic E-state index is 0.0372. The topological polar surface area (TPSA) is 44.9 Å². The van der Waals surface area contributed by atoms with Gasteiger partial charge in [0.25, 0.3) is 0 Å². The first kappa shape index (κ1) is 15.5. The second-order valence-electron chi connectivity index (χ2n) is 6.49. The Morgan fingerprint density at radius 1 is 0.880 bits per heavy atom. The average Bonchev–Trinajstić information content (AvgIpc) is 2.97. The molecule has 124 valence electrons. The maximum atomic E-state index is 12.2. The summed E-state index contributed by atoms with van der Waals surface area (Å²) in [4.78, 5) is 15.7. The molecule has 1 heterocycles. The van der Waals surface area contributed by atoms with Gasteiger partial charge in [0, 0.05) is 28.4 Å². The predicted octanol–water partition coefficient (Wildman–Crippen LogP) is 4.49. The number of carbonyl (C=O) groups is 1. The molecule has 4 aromatic rings. The largest absolute Gasteiger partial charge is 0.354 e. The number of fused-ring (bicyclic) bond motifs is 3. The van der Waals surface area contributed by atoms with E-state index in [0.29, 0.717) is 13.0 Å². The summed E-state index contributed by atoms with van der Waals surface area (Å²) in [6.07, 6.45) is 0.386. The van der Waals surface area contributed by atoms with E-state index in [9.17, 15) is 4.79 Å². The first-order valence-electron chi connectivity index (χ1n) is 8.51. The number of hydrogen-bond acceptors (Lipinski definition) is 1. The Labute approximate surface area is 146 Å². The molecule has 0 aliphatic carbocycles. The number of aromatic amines is 1. The predicted molar refractivity (Wildman–Crippen MR) is 103 cm³/mol. The summed E-state index contributed by atoms with van der Waals surface area (Å²) in [5.41, 5.74) is 5.58. The van der Waals surface area contributed by atoms with Gasteiger partial charge in [-0.05, 0) is 35.7 Å². The molecule has 0 spiro atoms. The van der Waals surface area contributed by atoms with Gasteiger partial charge >= 0.3 is 0 Å². The number of aryl methyl sites for hydroxylation is 1. The number of amides is 1. The molecule has 25 heavy (non-hydrogen) atoms. The Balaban J connectivity index is 1.51. The molecule has 0 aliphatic heterocycles. The average molecular weight is 328 g/mol. The van der Waals surface area contributed by atoms with Crippen molar-refractivity contribution in [1.29, 1.82) is 0 Å². The van der Waals surface area contributed by atoms with E-state index in [1.165, 1.54) is 16.3 Å². The monoisotopic (exact) mass is 328 g/mol. The van der Waals surface area contributed by atoms with Crippen LogP contribution in [-0.2, 0) is 17.8 Å². The van der Waals surface area contributed by atoms with Crippen molar-refractivity contribution in [2.24, 2.45) is 0 Å². The molecule has 0 saturated carbocycles. The van der Waals surface area contributed by atoms with Crippen LogP contribution in [0.15, 0.2) is 66.7 Å². The first-order valence-corrected chi connectivity index (χ1v) is 8.51. The summed E-state index contributed by atoms with van der Waals surface area (Å²) in [5.74, 6) is 0.0372. The zero-order valence-corrected chi connectivity index (χ0v) is 14.2. The first-order chi connectivity index (χ1) is 12.2. The lowest BCUT2D eigenvalue weighted by Gasteiger charge is -2.05. The zero-order chi connectivity index (χ0) is 17.2. The fourth-order valence-corrected chi connectivity index (χ4v) is 3.23. The molecular formula is C22H20N2O. The van der Waals surface area contributed by atoms with E-state index >= 15 is 0 Å². The van der Waals surface area contributed by atoms with E-state index < -0.39 is 0 Å². The van der Waals surface area contributed by atoms with E-state index in [2.05, 4.69) is 47.6 Å². The van der Waals surface area contributed by atoms with Crippen molar-refractivity contribution < 1.29 is 4.79 Å². The molecule has 3 aromatic carbocycles. The van der Waals surface area contributed by atoms with Gasteiger partial charge in [-0.2, -0.15) is 0 Å². The highest BCUT2D eigenvalue weighted by Crippen LogP contribution is 2.26. The fourth-order valence-electron chi connectivity index (χ4n) is 3.23. The highest BCUT2D eigenvalue weighted by Gasteiger charge is 2.08. The van der Waals surface area contributed by atoms with Gasteiger partial charge in [-0.25, -0.2) is 0 Å². The third kappa shape index (κ3) is 3.26. The molecule has 0 fully saturated rings. The third-order valence-electron chi connectivity index (χ3n) is 4.52. The van der Waals surface area contributed by atoms with Crippen LogP contribution in [0, 0.1) is 6.92 Å². The maximum Gasteiger partial charge on any atom is 0.224 e. The lowest BCUT2D eigenvalue weighted by atomic mass is 10.1. The smallest absolute Gasteiger partial charge is 0.224 e. The molecule has 0 unspecified atom stereocenters. The van der Waals surface area contributed by atoms with Crippen molar-refractivity contribution in [3.8, 4) is 0 Å². The maximum absolute atomic E-state index is 12.2.